The summed E-state index contributed by atoms with van der Waals surface area (Å²) in [4.78, 5) is 27.4. The third-order valence-corrected chi connectivity index (χ3v) is 5.39. The number of likely N-dealkylation sites (N-methyl/N-ethyl adjacent to an activating group) is 1. The number of hydrogen-bond acceptors (Lipinski definition) is 5. The molecular weight excluding hydrogens is 403 g/mol. The van der Waals surface area contributed by atoms with Gasteiger partial charge in [-0.1, -0.05) is 30.1 Å². The molecule has 0 saturated carbocycles. The van der Waals surface area contributed by atoms with Gasteiger partial charge in [-0.15, -0.1) is 0 Å². The molecule has 1 fully saturated rings. The number of nitro groups is 1. The van der Waals surface area contributed by atoms with E-state index in [-0.39, 0.29) is 16.3 Å². The van der Waals surface area contributed by atoms with Gasteiger partial charge in [0.2, 0.25) is 0 Å². The van der Waals surface area contributed by atoms with E-state index in [1.165, 1.54) is 12.1 Å². The summed E-state index contributed by atoms with van der Waals surface area (Å²) >= 11 is 12.2. The predicted octanol–water partition coefficient (Wildman–Crippen LogP) is 4.30. The van der Waals surface area contributed by atoms with Crippen LogP contribution < -0.4 is 10.2 Å². The maximum absolute atomic E-state index is 12.4. The fourth-order valence-electron chi connectivity index (χ4n) is 3.14. The number of halogens is 2. The summed E-state index contributed by atoms with van der Waals surface area (Å²) in [6, 6.07) is 9.26. The van der Waals surface area contributed by atoms with Crippen molar-refractivity contribution in [2.75, 3.05) is 42.9 Å². The molecule has 1 aliphatic rings. The zero-order valence-corrected chi connectivity index (χ0v) is 16.8. The van der Waals surface area contributed by atoms with Crippen LogP contribution in [0, 0.1) is 10.1 Å². The van der Waals surface area contributed by atoms with Crippen LogP contribution in [0.1, 0.15) is 17.3 Å². The zero-order chi connectivity index (χ0) is 20.3. The van der Waals surface area contributed by atoms with Crippen molar-refractivity contribution in [1.29, 1.82) is 0 Å². The van der Waals surface area contributed by atoms with Crippen LogP contribution in [0.25, 0.3) is 0 Å². The van der Waals surface area contributed by atoms with Crippen LogP contribution in [0.15, 0.2) is 36.4 Å². The van der Waals surface area contributed by atoms with Crippen LogP contribution >= 0.6 is 23.2 Å². The molecule has 1 heterocycles. The van der Waals surface area contributed by atoms with Gasteiger partial charge in [-0.2, -0.15) is 0 Å². The Bertz CT molecular complexity index is 899. The Labute approximate surface area is 173 Å². The zero-order valence-electron chi connectivity index (χ0n) is 15.3. The maximum atomic E-state index is 12.4. The van der Waals surface area contributed by atoms with Gasteiger partial charge in [-0.25, -0.2) is 0 Å². The standard InChI is InChI=1S/C19H20Cl2N4O3/c1-2-23-7-9-24(10-8-23)17-6-4-14(12-16(17)21)22-19(26)13-3-5-15(20)18(11-13)25(27)28/h3-6,11-12H,2,7-10H2,1H3,(H,22,26). The largest absolute Gasteiger partial charge is 0.368 e. The van der Waals surface area contributed by atoms with Crippen LogP contribution in [-0.4, -0.2) is 48.5 Å². The van der Waals surface area contributed by atoms with Gasteiger partial charge in [-0.05, 0) is 36.9 Å². The topological polar surface area (TPSA) is 78.7 Å². The van der Waals surface area contributed by atoms with Gasteiger partial charge < -0.3 is 15.1 Å². The number of piperazine rings is 1. The Morgan fingerprint density at radius 3 is 2.43 bits per heavy atom. The molecule has 2 aromatic carbocycles. The van der Waals surface area contributed by atoms with Crippen molar-refractivity contribution in [3.63, 3.8) is 0 Å². The first-order valence-electron chi connectivity index (χ1n) is 8.91. The second kappa shape index (κ2) is 8.77. The molecule has 0 bridgehead atoms. The average Bonchev–Trinajstić information content (AvgIpc) is 2.68. The third kappa shape index (κ3) is 4.55. The van der Waals surface area contributed by atoms with Gasteiger partial charge in [0, 0.05) is 43.5 Å². The molecule has 0 spiro atoms. The van der Waals surface area contributed by atoms with Crippen molar-refractivity contribution in [2.24, 2.45) is 0 Å². The van der Waals surface area contributed by atoms with Crippen molar-refractivity contribution in [3.8, 4) is 0 Å². The van der Waals surface area contributed by atoms with E-state index < -0.39 is 10.8 Å². The summed E-state index contributed by atoms with van der Waals surface area (Å²) in [5.41, 5.74) is 1.28. The molecule has 1 saturated heterocycles. The number of nitrogens with zero attached hydrogens (tertiary/aromatic N) is 3. The van der Waals surface area contributed by atoms with Gasteiger partial charge in [0.1, 0.15) is 5.02 Å². The van der Waals surface area contributed by atoms with Crippen LogP contribution in [0.3, 0.4) is 0 Å². The second-order valence-corrected chi connectivity index (χ2v) is 7.28. The first kappa shape index (κ1) is 20.4. The van der Waals surface area contributed by atoms with Gasteiger partial charge in [0.05, 0.1) is 15.6 Å². The highest BCUT2D eigenvalue weighted by Crippen LogP contribution is 2.30. The number of nitro benzene ring substituents is 1. The van der Waals surface area contributed by atoms with Crippen LogP contribution in [0.5, 0.6) is 0 Å². The molecule has 0 unspecified atom stereocenters. The molecule has 2 aromatic rings. The summed E-state index contributed by atoms with van der Waals surface area (Å²) < 4.78 is 0. The number of anilines is 2. The first-order valence-corrected chi connectivity index (χ1v) is 9.66. The molecule has 3 rings (SSSR count). The van der Waals surface area contributed by atoms with Crippen molar-refractivity contribution < 1.29 is 9.72 Å². The van der Waals surface area contributed by atoms with E-state index >= 15 is 0 Å². The Hall–Kier alpha value is -2.35. The van der Waals surface area contributed by atoms with E-state index in [0.717, 1.165) is 44.5 Å². The molecule has 0 aromatic heterocycles. The molecule has 0 radical (unpaired) electrons. The highest BCUT2D eigenvalue weighted by atomic mass is 35.5. The molecular formula is C19H20Cl2N4O3. The smallest absolute Gasteiger partial charge is 0.288 e. The summed E-state index contributed by atoms with van der Waals surface area (Å²) in [7, 11) is 0. The Morgan fingerprint density at radius 1 is 1.11 bits per heavy atom. The second-order valence-electron chi connectivity index (χ2n) is 6.46. The molecule has 0 atom stereocenters. The number of carbonyl (C=O) groups excluding carboxylic acids is 1. The van der Waals surface area contributed by atoms with Gasteiger partial charge in [0.25, 0.3) is 11.6 Å². The Balaban J connectivity index is 1.72. The Morgan fingerprint density at radius 2 is 1.82 bits per heavy atom. The lowest BCUT2D eigenvalue weighted by molar-refractivity contribution is -0.384. The quantitative estimate of drug-likeness (QED) is 0.573. The Kier molecular flexibility index (Phi) is 6.39. The van der Waals surface area contributed by atoms with E-state index in [9.17, 15) is 14.9 Å². The molecule has 28 heavy (non-hydrogen) atoms. The molecule has 1 aliphatic heterocycles. The number of rotatable bonds is 5. The van der Waals surface area contributed by atoms with Crippen molar-refractivity contribution in [2.45, 2.75) is 6.92 Å². The monoisotopic (exact) mass is 422 g/mol. The fourth-order valence-corrected chi connectivity index (χ4v) is 3.63. The highest BCUT2D eigenvalue weighted by Gasteiger charge is 2.19. The molecule has 0 aliphatic carbocycles. The summed E-state index contributed by atoms with van der Waals surface area (Å²) in [6.07, 6.45) is 0. The molecule has 148 valence electrons. The number of carbonyl (C=O) groups is 1. The summed E-state index contributed by atoms with van der Waals surface area (Å²) in [6.45, 7) is 6.95. The minimum Gasteiger partial charge on any atom is -0.368 e. The molecule has 9 heteroatoms. The van der Waals surface area contributed by atoms with E-state index in [1.807, 2.05) is 6.07 Å². The summed E-state index contributed by atoms with van der Waals surface area (Å²) in [5, 5.41) is 14.2. The van der Waals surface area contributed by atoms with Crippen LogP contribution in [0.2, 0.25) is 10.0 Å². The first-order chi connectivity index (χ1) is 13.4. The lowest BCUT2D eigenvalue weighted by Gasteiger charge is -2.36. The number of hydrogen-bond donors (Lipinski definition) is 1. The van der Waals surface area contributed by atoms with Crippen molar-refractivity contribution in [1.82, 2.24) is 4.90 Å². The molecule has 1 amide bonds. The average molecular weight is 423 g/mol. The lowest BCUT2D eigenvalue weighted by Crippen LogP contribution is -2.46. The van der Waals surface area contributed by atoms with Crippen molar-refractivity contribution >= 4 is 46.2 Å². The number of nitrogens with one attached hydrogen (secondary N) is 1. The van der Waals surface area contributed by atoms with Crippen molar-refractivity contribution in [3.05, 3.63) is 62.1 Å². The number of amides is 1. The van der Waals surface area contributed by atoms with E-state index in [0.29, 0.717) is 10.7 Å². The summed E-state index contributed by atoms with van der Waals surface area (Å²) in [5.74, 6) is -0.472. The SMILES string of the molecule is CCN1CCN(c2ccc(NC(=O)c3ccc(Cl)c([N+](=O)[O-])c3)cc2Cl)CC1. The predicted molar refractivity (Wildman–Crippen MR) is 112 cm³/mol. The highest BCUT2D eigenvalue weighted by molar-refractivity contribution is 6.34. The van der Waals surface area contributed by atoms with Crippen LogP contribution in [-0.2, 0) is 0 Å². The molecule has 7 nitrogen and oxygen atoms in total. The lowest BCUT2D eigenvalue weighted by atomic mass is 10.1. The minimum atomic E-state index is -0.622. The number of benzene rings is 2. The normalized spacial score (nSPS) is 14.8. The van der Waals surface area contributed by atoms with E-state index in [2.05, 4.69) is 22.0 Å². The van der Waals surface area contributed by atoms with Gasteiger partial charge in [-0.3, -0.25) is 14.9 Å². The minimum absolute atomic E-state index is 0.0166. The fraction of sp³-hybridized carbons (Fsp3) is 0.316. The van der Waals surface area contributed by atoms with E-state index in [1.54, 1.807) is 12.1 Å². The van der Waals surface area contributed by atoms with Gasteiger partial charge in [0.15, 0.2) is 0 Å². The third-order valence-electron chi connectivity index (χ3n) is 4.77. The van der Waals surface area contributed by atoms with E-state index in [4.69, 9.17) is 23.2 Å². The maximum Gasteiger partial charge on any atom is 0.288 e. The van der Waals surface area contributed by atoms with Gasteiger partial charge >= 0.3 is 0 Å². The van der Waals surface area contributed by atoms with Crippen LogP contribution in [0.4, 0.5) is 17.1 Å². The molecule has 1 N–H and O–H groups in total.